The summed E-state index contributed by atoms with van der Waals surface area (Å²) in [4.78, 5) is 15.0. The molecule has 1 aliphatic heterocycles. The molecule has 1 aliphatic carbocycles. The van der Waals surface area contributed by atoms with Crippen molar-refractivity contribution < 1.29 is 14.6 Å². The summed E-state index contributed by atoms with van der Waals surface area (Å²) in [6.07, 6.45) is 4.47. The van der Waals surface area contributed by atoms with Gasteiger partial charge in [-0.2, -0.15) is 0 Å². The highest BCUT2D eigenvalue weighted by molar-refractivity contribution is 6.36. The van der Waals surface area contributed by atoms with Gasteiger partial charge in [0.05, 0.1) is 6.10 Å². The number of aliphatic hydroxyl groups excluding tert-OH is 1. The van der Waals surface area contributed by atoms with Crippen molar-refractivity contribution in [2.24, 2.45) is 5.92 Å². The molecule has 30 heavy (non-hydrogen) atoms. The van der Waals surface area contributed by atoms with Gasteiger partial charge < -0.3 is 14.7 Å². The van der Waals surface area contributed by atoms with Gasteiger partial charge >= 0.3 is 0 Å². The average molecular weight is 448 g/mol. The number of benzene rings is 2. The van der Waals surface area contributed by atoms with Gasteiger partial charge in [0, 0.05) is 28.5 Å². The lowest BCUT2D eigenvalue weighted by atomic mass is 9.92. The number of nitrogens with zero attached hydrogens (tertiary/aromatic N) is 1. The van der Waals surface area contributed by atoms with Crippen molar-refractivity contribution in [3.63, 3.8) is 0 Å². The minimum absolute atomic E-state index is 0.0945. The van der Waals surface area contributed by atoms with E-state index >= 15 is 0 Å². The van der Waals surface area contributed by atoms with Gasteiger partial charge in [-0.1, -0.05) is 53.5 Å². The van der Waals surface area contributed by atoms with Crippen LogP contribution in [0.4, 0.5) is 0 Å². The van der Waals surface area contributed by atoms with Gasteiger partial charge in [0.25, 0.3) is 0 Å². The van der Waals surface area contributed by atoms with Gasteiger partial charge in [-0.05, 0) is 61.8 Å². The Balaban J connectivity index is 1.39. The second-order valence-electron chi connectivity index (χ2n) is 8.32. The summed E-state index contributed by atoms with van der Waals surface area (Å²) < 4.78 is 5.84. The lowest BCUT2D eigenvalue weighted by Gasteiger charge is -2.33. The third-order valence-electron chi connectivity index (χ3n) is 6.27. The zero-order valence-corrected chi connectivity index (χ0v) is 18.4. The molecule has 2 aliphatic rings. The molecule has 6 heteroatoms. The largest absolute Gasteiger partial charge is 0.489 e. The SMILES string of the molecule is O=C1[C@H](Cc2c(Cl)cc(OCc3ccccc3)cc2Cl)CCN1C1CCC(O)CC1. The number of amides is 1. The zero-order chi connectivity index (χ0) is 21.1. The molecule has 4 rings (SSSR count). The van der Waals surface area contributed by atoms with E-state index in [2.05, 4.69) is 0 Å². The number of likely N-dealkylation sites (tertiary alicyclic amines) is 1. The molecule has 1 atom stereocenters. The predicted molar refractivity (Wildman–Crippen MR) is 119 cm³/mol. The van der Waals surface area contributed by atoms with Gasteiger partial charge in [-0.15, -0.1) is 0 Å². The van der Waals surface area contributed by atoms with E-state index in [1.54, 1.807) is 12.1 Å². The van der Waals surface area contributed by atoms with E-state index in [1.165, 1.54) is 0 Å². The average Bonchev–Trinajstić information content (AvgIpc) is 3.11. The number of aliphatic hydroxyl groups is 1. The molecule has 0 spiro atoms. The van der Waals surface area contributed by atoms with Crippen LogP contribution in [-0.4, -0.2) is 34.6 Å². The molecular formula is C24H27Cl2NO3. The summed E-state index contributed by atoms with van der Waals surface area (Å²) in [6.45, 7) is 1.22. The van der Waals surface area contributed by atoms with E-state index in [1.807, 2.05) is 35.2 Å². The third-order valence-corrected chi connectivity index (χ3v) is 6.95. The maximum Gasteiger partial charge on any atom is 0.226 e. The smallest absolute Gasteiger partial charge is 0.226 e. The van der Waals surface area contributed by atoms with Crippen molar-refractivity contribution in [3.8, 4) is 5.75 Å². The number of ether oxygens (including phenoxy) is 1. The molecule has 1 amide bonds. The summed E-state index contributed by atoms with van der Waals surface area (Å²) in [5.41, 5.74) is 1.88. The monoisotopic (exact) mass is 447 g/mol. The molecule has 4 nitrogen and oxygen atoms in total. The number of halogens is 2. The first-order chi connectivity index (χ1) is 14.5. The third kappa shape index (κ3) is 4.93. The Morgan fingerprint density at radius 3 is 2.33 bits per heavy atom. The fraction of sp³-hybridized carbons (Fsp3) is 0.458. The van der Waals surface area contributed by atoms with Crippen molar-refractivity contribution in [1.82, 2.24) is 4.90 Å². The number of carbonyl (C=O) groups is 1. The van der Waals surface area contributed by atoms with E-state index in [0.717, 1.165) is 49.8 Å². The highest BCUT2D eigenvalue weighted by atomic mass is 35.5. The normalized spacial score (nSPS) is 24.3. The molecule has 2 aromatic rings. The maximum absolute atomic E-state index is 13.0. The Bertz CT molecular complexity index is 858. The Labute approximate surface area is 187 Å². The van der Waals surface area contributed by atoms with Crippen molar-refractivity contribution in [3.05, 3.63) is 63.6 Å². The van der Waals surface area contributed by atoms with E-state index in [0.29, 0.717) is 28.8 Å². The highest BCUT2D eigenvalue weighted by Crippen LogP contribution is 2.36. The minimum Gasteiger partial charge on any atom is -0.489 e. The van der Waals surface area contributed by atoms with Crippen LogP contribution in [0, 0.1) is 5.92 Å². The molecule has 1 saturated heterocycles. The molecule has 1 heterocycles. The molecule has 0 radical (unpaired) electrons. The Hall–Kier alpha value is -1.75. The van der Waals surface area contributed by atoms with Crippen LogP contribution in [0.15, 0.2) is 42.5 Å². The molecule has 0 bridgehead atoms. The lowest BCUT2D eigenvalue weighted by molar-refractivity contribution is -0.133. The molecule has 1 N–H and O–H groups in total. The van der Waals surface area contributed by atoms with Crippen LogP contribution in [0.3, 0.4) is 0 Å². The Kier molecular flexibility index (Phi) is 6.87. The van der Waals surface area contributed by atoms with Crippen molar-refractivity contribution in [2.45, 2.75) is 57.3 Å². The quantitative estimate of drug-likeness (QED) is 0.656. The van der Waals surface area contributed by atoms with Gasteiger partial charge in [0.15, 0.2) is 0 Å². The van der Waals surface area contributed by atoms with Gasteiger partial charge in [-0.3, -0.25) is 4.79 Å². The van der Waals surface area contributed by atoms with Crippen molar-refractivity contribution >= 4 is 29.1 Å². The molecule has 0 unspecified atom stereocenters. The van der Waals surface area contributed by atoms with Gasteiger partial charge in [0.2, 0.25) is 5.91 Å². The summed E-state index contributed by atoms with van der Waals surface area (Å²) in [5.74, 6) is 0.716. The molecule has 0 aromatic heterocycles. The molecule has 2 fully saturated rings. The van der Waals surface area contributed by atoms with Gasteiger partial charge in [0.1, 0.15) is 12.4 Å². The summed E-state index contributed by atoms with van der Waals surface area (Å²) in [6, 6.07) is 13.7. The van der Waals surface area contributed by atoms with Crippen LogP contribution in [0.5, 0.6) is 5.75 Å². The number of rotatable bonds is 6. The molecule has 1 saturated carbocycles. The van der Waals surface area contributed by atoms with E-state index < -0.39 is 0 Å². The van der Waals surface area contributed by atoms with E-state index in [4.69, 9.17) is 27.9 Å². The number of hydrogen-bond donors (Lipinski definition) is 1. The standard InChI is InChI=1S/C24H27Cl2NO3/c25-22-13-20(30-15-16-4-2-1-3-5-16)14-23(26)21(22)12-17-10-11-27(24(17)29)18-6-8-19(28)9-7-18/h1-5,13-14,17-19,28H,6-12,15H2/t17-,18?,19?/m0/s1. The van der Waals surface area contributed by atoms with Crippen LogP contribution in [-0.2, 0) is 17.8 Å². The van der Waals surface area contributed by atoms with Gasteiger partial charge in [-0.25, -0.2) is 0 Å². The van der Waals surface area contributed by atoms with Crippen LogP contribution < -0.4 is 4.74 Å². The van der Waals surface area contributed by atoms with E-state index in [9.17, 15) is 9.90 Å². The lowest BCUT2D eigenvalue weighted by Crippen LogP contribution is -2.41. The van der Waals surface area contributed by atoms with Crippen molar-refractivity contribution in [1.29, 1.82) is 0 Å². The summed E-state index contributed by atoms with van der Waals surface area (Å²) in [7, 11) is 0. The Morgan fingerprint density at radius 2 is 1.67 bits per heavy atom. The van der Waals surface area contributed by atoms with Crippen LogP contribution in [0.25, 0.3) is 0 Å². The predicted octanol–water partition coefficient (Wildman–Crippen LogP) is 5.27. The van der Waals surface area contributed by atoms with E-state index in [-0.39, 0.29) is 24.0 Å². The molecular weight excluding hydrogens is 421 g/mol. The van der Waals surface area contributed by atoms with Crippen molar-refractivity contribution in [2.75, 3.05) is 6.54 Å². The Morgan fingerprint density at radius 1 is 1.00 bits per heavy atom. The highest BCUT2D eigenvalue weighted by Gasteiger charge is 2.37. The second-order valence-corrected chi connectivity index (χ2v) is 9.14. The topological polar surface area (TPSA) is 49.8 Å². The fourth-order valence-electron chi connectivity index (χ4n) is 4.53. The molecule has 2 aromatic carbocycles. The van der Waals surface area contributed by atoms with Crippen LogP contribution in [0.1, 0.15) is 43.2 Å². The number of carbonyl (C=O) groups excluding carboxylic acids is 1. The first-order valence-corrected chi connectivity index (χ1v) is 11.4. The first kappa shape index (κ1) is 21.5. The van der Waals surface area contributed by atoms with Crippen LogP contribution in [0.2, 0.25) is 10.0 Å². The summed E-state index contributed by atoms with van der Waals surface area (Å²) in [5, 5.41) is 10.8. The number of hydrogen-bond acceptors (Lipinski definition) is 3. The maximum atomic E-state index is 13.0. The molecule has 160 valence electrons. The fourth-order valence-corrected chi connectivity index (χ4v) is 5.15. The second kappa shape index (κ2) is 9.59. The zero-order valence-electron chi connectivity index (χ0n) is 16.9. The first-order valence-electron chi connectivity index (χ1n) is 10.6. The summed E-state index contributed by atoms with van der Waals surface area (Å²) >= 11 is 13.1. The minimum atomic E-state index is -0.213. The van der Waals surface area contributed by atoms with Crippen LogP contribution >= 0.6 is 23.2 Å².